The molecule has 0 aliphatic heterocycles. The first-order chi connectivity index (χ1) is 9.54. The van der Waals surface area contributed by atoms with Gasteiger partial charge >= 0.3 is 0 Å². The van der Waals surface area contributed by atoms with Gasteiger partial charge in [-0.2, -0.15) is 0 Å². The standard InChI is InChI=1S/C15H13F2NO2/c1-2-20-15-10(4-3-5-13(15)18)14(19)11-8-9(16)6-7-12(11)17/h3-8H,2,18H2,1H3. The normalized spacial score (nSPS) is 10.3. The number of hydrogen-bond acceptors (Lipinski definition) is 3. The fourth-order valence-electron chi connectivity index (χ4n) is 1.86. The molecule has 2 rings (SSSR count). The van der Waals surface area contributed by atoms with Gasteiger partial charge in [-0.15, -0.1) is 0 Å². The van der Waals surface area contributed by atoms with E-state index in [0.29, 0.717) is 6.61 Å². The maximum Gasteiger partial charge on any atom is 0.199 e. The van der Waals surface area contributed by atoms with Crippen molar-refractivity contribution in [1.29, 1.82) is 0 Å². The van der Waals surface area contributed by atoms with Crippen LogP contribution < -0.4 is 10.5 Å². The van der Waals surface area contributed by atoms with Gasteiger partial charge in [-0.1, -0.05) is 6.07 Å². The predicted octanol–water partition coefficient (Wildman–Crippen LogP) is 3.18. The fraction of sp³-hybridized carbons (Fsp3) is 0.133. The number of nitrogens with two attached hydrogens (primary N) is 1. The SMILES string of the molecule is CCOc1c(N)cccc1C(=O)c1cc(F)ccc1F. The molecule has 20 heavy (non-hydrogen) atoms. The first-order valence-electron chi connectivity index (χ1n) is 6.05. The van der Waals surface area contributed by atoms with Crippen LogP contribution in [0.4, 0.5) is 14.5 Å². The molecule has 0 aliphatic rings. The highest BCUT2D eigenvalue weighted by molar-refractivity contribution is 6.11. The van der Waals surface area contributed by atoms with Gasteiger partial charge in [0.25, 0.3) is 0 Å². The van der Waals surface area contributed by atoms with Gasteiger partial charge in [0.2, 0.25) is 0 Å². The highest BCUT2D eigenvalue weighted by Crippen LogP contribution is 2.29. The Hall–Kier alpha value is -2.43. The van der Waals surface area contributed by atoms with Crippen molar-refractivity contribution in [1.82, 2.24) is 0 Å². The fourth-order valence-corrected chi connectivity index (χ4v) is 1.86. The average molecular weight is 277 g/mol. The monoisotopic (exact) mass is 277 g/mol. The van der Waals surface area contributed by atoms with Crippen molar-refractivity contribution in [3.8, 4) is 5.75 Å². The number of carbonyl (C=O) groups excluding carboxylic acids is 1. The number of halogens is 2. The van der Waals surface area contributed by atoms with Crippen LogP contribution in [0.25, 0.3) is 0 Å². The van der Waals surface area contributed by atoms with Gasteiger partial charge in [-0.3, -0.25) is 4.79 Å². The van der Waals surface area contributed by atoms with Gasteiger partial charge in [0.15, 0.2) is 11.5 Å². The first kappa shape index (κ1) is 14.0. The van der Waals surface area contributed by atoms with E-state index in [1.165, 1.54) is 6.07 Å². The van der Waals surface area contributed by atoms with E-state index in [0.717, 1.165) is 18.2 Å². The predicted molar refractivity (Wildman–Crippen MR) is 71.8 cm³/mol. The number of para-hydroxylation sites is 1. The zero-order valence-electron chi connectivity index (χ0n) is 10.8. The average Bonchev–Trinajstić information content (AvgIpc) is 2.43. The molecular formula is C15H13F2NO2. The molecule has 0 unspecified atom stereocenters. The molecule has 2 aromatic carbocycles. The molecule has 3 nitrogen and oxygen atoms in total. The summed E-state index contributed by atoms with van der Waals surface area (Å²) in [6, 6.07) is 7.32. The summed E-state index contributed by atoms with van der Waals surface area (Å²) in [5.74, 6) is -1.96. The largest absolute Gasteiger partial charge is 0.491 e. The maximum absolute atomic E-state index is 13.7. The Labute approximate surface area is 115 Å². The van der Waals surface area contributed by atoms with Crippen molar-refractivity contribution in [2.24, 2.45) is 0 Å². The lowest BCUT2D eigenvalue weighted by Gasteiger charge is -2.12. The minimum atomic E-state index is -0.790. The quantitative estimate of drug-likeness (QED) is 0.689. The van der Waals surface area contributed by atoms with Gasteiger partial charge < -0.3 is 10.5 Å². The molecule has 104 valence electrons. The summed E-state index contributed by atoms with van der Waals surface area (Å²) >= 11 is 0. The van der Waals surface area contributed by atoms with Crippen molar-refractivity contribution in [3.63, 3.8) is 0 Å². The van der Waals surface area contributed by atoms with Gasteiger partial charge in [-0.05, 0) is 37.3 Å². The van der Waals surface area contributed by atoms with Crippen LogP contribution in [0, 0.1) is 11.6 Å². The number of ether oxygens (including phenoxy) is 1. The summed E-state index contributed by atoms with van der Waals surface area (Å²) in [6.07, 6.45) is 0. The Balaban J connectivity index is 2.53. The minimum absolute atomic E-state index is 0.108. The van der Waals surface area contributed by atoms with Crippen LogP contribution in [0.3, 0.4) is 0 Å². The van der Waals surface area contributed by atoms with E-state index in [1.807, 2.05) is 0 Å². The van der Waals surface area contributed by atoms with Crippen molar-refractivity contribution < 1.29 is 18.3 Å². The Morgan fingerprint density at radius 2 is 1.95 bits per heavy atom. The molecule has 0 bridgehead atoms. The Kier molecular flexibility index (Phi) is 3.98. The molecule has 0 spiro atoms. The third kappa shape index (κ3) is 2.61. The molecule has 2 N–H and O–H groups in total. The van der Waals surface area contributed by atoms with Crippen LogP contribution >= 0.6 is 0 Å². The molecular weight excluding hydrogens is 264 g/mol. The van der Waals surface area contributed by atoms with E-state index in [-0.39, 0.29) is 22.6 Å². The zero-order valence-corrected chi connectivity index (χ0v) is 10.8. The van der Waals surface area contributed by atoms with E-state index in [9.17, 15) is 13.6 Å². The summed E-state index contributed by atoms with van der Waals surface area (Å²) < 4.78 is 32.2. The molecule has 0 saturated heterocycles. The summed E-state index contributed by atoms with van der Waals surface area (Å²) in [4.78, 5) is 12.3. The van der Waals surface area contributed by atoms with Gasteiger partial charge in [-0.25, -0.2) is 8.78 Å². The Morgan fingerprint density at radius 3 is 2.65 bits per heavy atom. The molecule has 0 fully saturated rings. The van der Waals surface area contributed by atoms with Gasteiger partial charge in [0, 0.05) is 0 Å². The first-order valence-corrected chi connectivity index (χ1v) is 6.05. The van der Waals surface area contributed by atoms with Crippen molar-refractivity contribution in [2.75, 3.05) is 12.3 Å². The van der Waals surface area contributed by atoms with Gasteiger partial charge in [0.1, 0.15) is 11.6 Å². The Bertz CT molecular complexity index is 656. The number of benzene rings is 2. The third-order valence-electron chi connectivity index (χ3n) is 2.75. The van der Waals surface area contributed by atoms with E-state index in [2.05, 4.69) is 0 Å². The molecule has 2 aromatic rings. The number of anilines is 1. The second-order valence-electron chi connectivity index (χ2n) is 4.11. The van der Waals surface area contributed by atoms with Crippen LogP contribution in [-0.2, 0) is 0 Å². The highest BCUT2D eigenvalue weighted by Gasteiger charge is 2.20. The summed E-state index contributed by atoms with van der Waals surface area (Å²) in [6.45, 7) is 2.05. The smallest absolute Gasteiger partial charge is 0.199 e. The van der Waals surface area contributed by atoms with E-state index in [1.54, 1.807) is 19.1 Å². The van der Waals surface area contributed by atoms with E-state index >= 15 is 0 Å². The lowest BCUT2D eigenvalue weighted by molar-refractivity contribution is 0.103. The highest BCUT2D eigenvalue weighted by atomic mass is 19.1. The van der Waals surface area contributed by atoms with Crippen LogP contribution in [0.2, 0.25) is 0 Å². The molecule has 5 heteroatoms. The Morgan fingerprint density at radius 1 is 1.20 bits per heavy atom. The van der Waals surface area contributed by atoms with E-state index in [4.69, 9.17) is 10.5 Å². The number of carbonyl (C=O) groups is 1. The molecule has 0 atom stereocenters. The van der Waals surface area contributed by atoms with Crippen molar-refractivity contribution >= 4 is 11.5 Å². The summed E-state index contributed by atoms with van der Waals surface area (Å²) in [5, 5.41) is 0. The second-order valence-corrected chi connectivity index (χ2v) is 4.11. The van der Waals surface area contributed by atoms with Crippen LogP contribution in [0.5, 0.6) is 5.75 Å². The third-order valence-corrected chi connectivity index (χ3v) is 2.75. The van der Waals surface area contributed by atoms with Gasteiger partial charge in [0.05, 0.1) is 23.4 Å². The summed E-state index contributed by atoms with van der Waals surface area (Å²) in [7, 11) is 0. The number of rotatable bonds is 4. The van der Waals surface area contributed by atoms with Crippen LogP contribution in [-0.4, -0.2) is 12.4 Å². The second kappa shape index (κ2) is 5.69. The minimum Gasteiger partial charge on any atom is -0.491 e. The summed E-state index contributed by atoms with van der Waals surface area (Å²) in [5.41, 5.74) is 5.78. The van der Waals surface area contributed by atoms with Crippen molar-refractivity contribution in [3.05, 3.63) is 59.2 Å². The number of hydrogen-bond donors (Lipinski definition) is 1. The van der Waals surface area contributed by atoms with Crippen molar-refractivity contribution in [2.45, 2.75) is 6.92 Å². The maximum atomic E-state index is 13.7. The topological polar surface area (TPSA) is 52.3 Å². The number of ketones is 1. The zero-order chi connectivity index (χ0) is 14.7. The van der Waals surface area contributed by atoms with Crippen LogP contribution in [0.1, 0.15) is 22.8 Å². The lowest BCUT2D eigenvalue weighted by atomic mass is 10.0. The lowest BCUT2D eigenvalue weighted by Crippen LogP contribution is -2.09. The molecule has 0 radical (unpaired) electrons. The molecule has 0 saturated carbocycles. The molecule has 0 heterocycles. The number of nitrogen functional groups attached to an aromatic ring is 1. The molecule has 0 aromatic heterocycles. The molecule has 0 amide bonds. The molecule has 0 aliphatic carbocycles. The van der Waals surface area contributed by atoms with Crippen LogP contribution in [0.15, 0.2) is 36.4 Å². The van der Waals surface area contributed by atoms with E-state index < -0.39 is 17.4 Å².